The normalized spacial score (nSPS) is 23.6. The van der Waals surface area contributed by atoms with Gasteiger partial charge in [-0.05, 0) is 23.2 Å². The molecule has 0 saturated heterocycles. The van der Waals surface area contributed by atoms with Crippen molar-refractivity contribution >= 4 is 69.6 Å². The molecule has 0 nitrogen and oxygen atoms in total. The molecule has 0 fully saturated rings. The summed E-state index contributed by atoms with van der Waals surface area (Å²) in [5, 5.41) is -39.7. The maximum Gasteiger partial charge on any atom is 0.375 e. The fraction of sp³-hybridized carbons (Fsp3) is 1.00. The summed E-state index contributed by atoms with van der Waals surface area (Å²) in [7, 11) is 0. The second-order valence-electron chi connectivity index (χ2n) is 5.02. The van der Waals surface area contributed by atoms with Crippen LogP contribution in [-0.4, -0.2) is 49.0 Å². The third-order valence-electron chi connectivity index (χ3n) is 3.08. The molecule has 0 aliphatic carbocycles. The second kappa shape index (κ2) is 7.39. The van der Waals surface area contributed by atoms with Crippen LogP contribution in [0.1, 0.15) is 0 Å². The molecule has 0 rings (SSSR count). The van der Waals surface area contributed by atoms with Crippen molar-refractivity contribution < 1.29 is 61.5 Å². The van der Waals surface area contributed by atoms with Crippen LogP contribution in [0, 0.1) is 0 Å². The van der Waals surface area contributed by atoms with Gasteiger partial charge in [-0.3, -0.25) is 0 Å². The van der Waals surface area contributed by atoms with E-state index in [0.29, 0.717) is 0 Å². The van der Waals surface area contributed by atoms with E-state index in [2.05, 4.69) is 69.6 Å². The Morgan fingerprint density at radius 2 is 0.414 bits per heavy atom. The first kappa shape index (κ1) is 29.8. The van der Waals surface area contributed by atoms with Crippen LogP contribution < -0.4 is 0 Å². The molecule has 0 aliphatic heterocycles. The van der Waals surface area contributed by atoms with E-state index in [1.807, 2.05) is 0 Å². The molecule has 4 atom stereocenters. The van der Waals surface area contributed by atoms with Gasteiger partial charge in [-0.2, -0.15) is 43.9 Å². The van der Waals surface area contributed by atoms with E-state index in [4.69, 9.17) is 0 Å². The molecule has 0 bridgehead atoms. The van der Waals surface area contributed by atoms with Crippen LogP contribution in [0.15, 0.2) is 0 Å². The average Bonchev–Trinajstić information content (AvgIpc) is 2.43. The van der Waals surface area contributed by atoms with E-state index in [1.165, 1.54) is 0 Å². The summed E-state index contributed by atoms with van der Waals surface area (Å²) in [6.45, 7) is 0. The number of hydrogen-bond donors (Lipinski definition) is 0. The van der Waals surface area contributed by atoms with Gasteiger partial charge in [0.05, 0.1) is 0 Å². The molecule has 4 unspecified atom stereocenters. The van der Waals surface area contributed by atoms with Crippen LogP contribution in [0.25, 0.3) is 0 Å². The number of hydrogen-bond acceptors (Lipinski definition) is 0. The topological polar surface area (TPSA) is 0 Å². The molecule has 176 valence electrons. The lowest BCUT2D eigenvalue weighted by Crippen LogP contribution is -2.74. The summed E-state index contributed by atoms with van der Waals surface area (Å²) in [6, 6.07) is 0. The molecule has 0 spiro atoms. The summed E-state index contributed by atoms with van der Waals surface area (Å²) in [5.41, 5.74) is 0. The number of halogens is 20. The minimum atomic E-state index is -7.63. The largest absolute Gasteiger partial charge is 0.375 e. The summed E-state index contributed by atoms with van der Waals surface area (Å²) in [6.07, 6.45) is 0. The number of rotatable bonds is 8. The fourth-order valence-corrected chi connectivity index (χ4v) is 2.51. The van der Waals surface area contributed by atoms with Gasteiger partial charge in [-0.15, -0.1) is 0 Å². The average molecular weight is 587 g/mol. The summed E-state index contributed by atoms with van der Waals surface area (Å²) in [5.74, 6) is -22.3. The maximum atomic E-state index is 13.9. The molecule has 0 saturated carbocycles. The van der Waals surface area contributed by atoms with Crippen molar-refractivity contribution in [2.45, 2.75) is 49.0 Å². The van der Waals surface area contributed by atoms with Crippen molar-refractivity contribution in [3.63, 3.8) is 0 Å². The van der Waals surface area contributed by atoms with Crippen LogP contribution in [0.3, 0.4) is 0 Å². The third-order valence-corrected chi connectivity index (χ3v) is 5.69. The van der Waals surface area contributed by atoms with Crippen LogP contribution in [0.5, 0.6) is 0 Å². The molecule has 0 aliphatic rings. The highest BCUT2D eigenvalue weighted by Gasteiger charge is 2.93. The Morgan fingerprint density at radius 1 is 0.276 bits per heavy atom. The first-order valence-corrected chi connectivity index (χ1v) is 8.05. The zero-order chi connectivity index (χ0) is 24.5. The number of alkyl halides is 20. The Kier molecular flexibility index (Phi) is 7.58. The Hall–Kier alpha value is 0.760. The van der Waals surface area contributed by atoms with Crippen molar-refractivity contribution in [2.24, 2.45) is 0 Å². The lowest BCUT2D eigenvalue weighted by Gasteiger charge is -2.46. The molecule has 0 N–H and O–H groups in total. The monoisotopic (exact) mass is 584 g/mol. The molecular formula is C9Cl6F14. The van der Waals surface area contributed by atoms with Crippen LogP contribution in [0.4, 0.5) is 61.5 Å². The highest BCUT2D eigenvalue weighted by Crippen LogP contribution is 2.67. The minimum absolute atomic E-state index is 3.74. The van der Waals surface area contributed by atoms with Crippen molar-refractivity contribution in [2.75, 3.05) is 0 Å². The molecule has 29 heavy (non-hydrogen) atoms. The SMILES string of the molecule is FC(F)(Cl)C(F)(Cl)C(F)(F)C(F)(Cl)C(F)(F)C(F)(Cl)C(F)(F)C(F)(Cl)C(F)(F)Cl. The highest BCUT2D eigenvalue weighted by molar-refractivity contribution is 6.35. The lowest BCUT2D eigenvalue weighted by atomic mass is 9.92. The predicted molar refractivity (Wildman–Crippen MR) is 75.2 cm³/mol. The zero-order valence-corrected chi connectivity index (χ0v) is 16.6. The van der Waals surface area contributed by atoms with E-state index in [-0.39, 0.29) is 0 Å². The molecule has 0 aromatic rings. The molecule has 0 heterocycles. The second-order valence-corrected chi connectivity index (χ2v) is 8.05. The third kappa shape index (κ3) is 3.89. The van der Waals surface area contributed by atoms with Crippen molar-refractivity contribution in [1.29, 1.82) is 0 Å². The standard InChI is InChI=1S/C9Cl6F14/c10-1(16,6(22,23)3(12,18)8(14,26)27)5(20,21)2(11,17)7(24,25)4(13,19)9(15,28)29. The molecule has 0 amide bonds. The van der Waals surface area contributed by atoms with Gasteiger partial charge in [0, 0.05) is 0 Å². The summed E-state index contributed by atoms with van der Waals surface area (Å²) < 4.78 is 187. The van der Waals surface area contributed by atoms with E-state index in [9.17, 15) is 61.5 Å². The maximum absolute atomic E-state index is 13.9. The molecule has 0 aromatic carbocycles. The zero-order valence-electron chi connectivity index (χ0n) is 12.1. The van der Waals surface area contributed by atoms with E-state index >= 15 is 0 Å². The molecular weight excluding hydrogens is 587 g/mol. The summed E-state index contributed by atoms with van der Waals surface area (Å²) >= 11 is 22.9. The first-order valence-electron chi connectivity index (χ1n) is 5.78. The van der Waals surface area contributed by atoms with Gasteiger partial charge in [-0.25, -0.2) is 17.6 Å². The van der Waals surface area contributed by atoms with E-state index in [1.54, 1.807) is 0 Å². The van der Waals surface area contributed by atoms with Gasteiger partial charge in [0.25, 0.3) is 0 Å². The van der Waals surface area contributed by atoms with Crippen LogP contribution in [0.2, 0.25) is 0 Å². The highest BCUT2D eigenvalue weighted by atomic mass is 35.5. The van der Waals surface area contributed by atoms with E-state index in [0.717, 1.165) is 0 Å². The predicted octanol–water partition coefficient (Wildman–Crippen LogP) is 8.17. The minimum Gasteiger partial charge on any atom is -0.212 e. The smallest absolute Gasteiger partial charge is 0.212 e. The Labute approximate surface area is 180 Å². The first-order chi connectivity index (χ1) is 12.0. The Balaban J connectivity index is 6.82. The van der Waals surface area contributed by atoms with E-state index < -0.39 is 49.0 Å². The van der Waals surface area contributed by atoms with Crippen molar-refractivity contribution in [1.82, 2.24) is 0 Å². The summed E-state index contributed by atoms with van der Waals surface area (Å²) in [4.78, 5) is 0. The van der Waals surface area contributed by atoms with Gasteiger partial charge < -0.3 is 0 Å². The van der Waals surface area contributed by atoms with Gasteiger partial charge in [-0.1, -0.05) is 46.4 Å². The Morgan fingerprint density at radius 3 is 0.552 bits per heavy atom. The van der Waals surface area contributed by atoms with Gasteiger partial charge in [0.2, 0.25) is 0 Å². The fourth-order valence-electron chi connectivity index (χ4n) is 1.34. The van der Waals surface area contributed by atoms with Gasteiger partial charge >= 0.3 is 49.0 Å². The van der Waals surface area contributed by atoms with Crippen LogP contribution in [-0.2, 0) is 0 Å². The van der Waals surface area contributed by atoms with Gasteiger partial charge in [0.15, 0.2) is 0 Å². The quantitative estimate of drug-likeness (QED) is 0.199. The Bertz CT molecular complexity index is 566. The molecule has 20 heteroatoms. The molecule has 0 radical (unpaired) electrons. The molecule has 0 aromatic heterocycles. The van der Waals surface area contributed by atoms with Gasteiger partial charge in [0.1, 0.15) is 0 Å². The van der Waals surface area contributed by atoms with Crippen LogP contribution >= 0.6 is 69.6 Å². The van der Waals surface area contributed by atoms with Crippen molar-refractivity contribution in [3.8, 4) is 0 Å². The van der Waals surface area contributed by atoms with Crippen molar-refractivity contribution in [3.05, 3.63) is 0 Å². The lowest BCUT2D eigenvalue weighted by molar-refractivity contribution is -0.324.